The van der Waals surface area contributed by atoms with Crippen molar-refractivity contribution in [3.63, 3.8) is 0 Å². The molecule has 0 fully saturated rings. The summed E-state index contributed by atoms with van der Waals surface area (Å²) in [6.07, 6.45) is 0. The first-order valence-electron chi connectivity index (χ1n) is 11.1. The first-order chi connectivity index (χ1) is 16.7. The van der Waals surface area contributed by atoms with Gasteiger partial charge in [0.2, 0.25) is 0 Å². The molecule has 35 heavy (non-hydrogen) atoms. The lowest BCUT2D eigenvalue weighted by atomic mass is 10.2. The van der Waals surface area contributed by atoms with Gasteiger partial charge in [0, 0.05) is 25.7 Å². The van der Waals surface area contributed by atoms with E-state index in [1.54, 1.807) is 41.3 Å². The average molecular weight is 509 g/mol. The molecule has 4 rings (SSSR count). The summed E-state index contributed by atoms with van der Waals surface area (Å²) >= 11 is 1.48. The van der Waals surface area contributed by atoms with Crippen LogP contribution in [-0.4, -0.2) is 58.4 Å². The Morgan fingerprint density at radius 2 is 1.60 bits per heavy atom. The minimum Gasteiger partial charge on any atom is -0.308 e. The van der Waals surface area contributed by atoms with E-state index in [9.17, 15) is 13.2 Å². The maximum Gasteiger partial charge on any atom is 0.264 e. The molecule has 1 amide bonds. The number of amides is 1. The van der Waals surface area contributed by atoms with Crippen LogP contribution in [0.1, 0.15) is 15.9 Å². The van der Waals surface area contributed by atoms with Gasteiger partial charge in [-0.3, -0.25) is 14.0 Å². The van der Waals surface area contributed by atoms with E-state index >= 15 is 0 Å². The van der Waals surface area contributed by atoms with Crippen LogP contribution >= 0.6 is 11.3 Å². The molecule has 7 nitrogen and oxygen atoms in total. The van der Waals surface area contributed by atoms with Crippen molar-refractivity contribution in [1.82, 2.24) is 9.88 Å². The number of sulfonamides is 1. The Morgan fingerprint density at radius 1 is 0.914 bits per heavy atom. The second-order valence-corrected chi connectivity index (χ2v) is 11.5. The lowest BCUT2D eigenvalue weighted by Crippen LogP contribution is -2.36. The number of likely N-dealkylation sites (N-methyl/N-ethyl adjacent to an activating group) is 1. The van der Waals surface area contributed by atoms with Gasteiger partial charge in [0.25, 0.3) is 15.9 Å². The number of fused-ring (bicyclic) bond motifs is 1. The fraction of sp³-hybridized carbons (Fsp3) is 0.231. The van der Waals surface area contributed by atoms with E-state index in [1.165, 1.54) is 34.8 Å². The fourth-order valence-electron chi connectivity index (χ4n) is 3.58. The molecular formula is C26H28N4O3S2. The van der Waals surface area contributed by atoms with Gasteiger partial charge >= 0.3 is 0 Å². The molecule has 0 saturated heterocycles. The van der Waals surface area contributed by atoms with Crippen molar-refractivity contribution in [2.75, 3.05) is 43.4 Å². The Bertz CT molecular complexity index is 1430. The van der Waals surface area contributed by atoms with Gasteiger partial charge in [-0.1, -0.05) is 35.6 Å². The Morgan fingerprint density at radius 3 is 2.26 bits per heavy atom. The highest BCUT2D eigenvalue weighted by atomic mass is 32.2. The number of anilines is 2. The molecule has 0 aliphatic rings. The Kier molecular flexibility index (Phi) is 7.20. The highest BCUT2D eigenvalue weighted by molar-refractivity contribution is 7.92. The number of rotatable bonds is 8. The number of thiazole rings is 1. The van der Waals surface area contributed by atoms with Gasteiger partial charge in [-0.15, -0.1) is 0 Å². The maximum absolute atomic E-state index is 13.5. The quantitative estimate of drug-likeness (QED) is 0.347. The Balaban J connectivity index is 1.63. The average Bonchev–Trinajstić information content (AvgIpc) is 3.26. The van der Waals surface area contributed by atoms with Gasteiger partial charge in [0.1, 0.15) is 0 Å². The number of hydrogen-bond acceptors (Lipinski definition) is 6. The molecule has 1 aromatic heterocycles. The number of hydrogen-bond donors (Lipinski definition) is 0. The number of carbonyl (C=O) groups is 1. The molecule has 1 heterocycles. The molecule has 0 aliphatic heterocycles. The number of carbonyl (C=O) groups excluding carboxylic acids is 1. The van der Waals surface area contributed by atoms with Crippen molar-refractivity contribution in [3.05, 3.63) is 83.9 Å². The molecule has 9 heteroatoms. The first kappa shape index (κ1) is 24.8. The third-order valence-electron chi connectivity index (χ3n) is 5.66. The highest BCUT2D eigenvalue weighted by Crippen LogP contribution is 2.31. The van der Waals surface area contributed by atoms with Crippen LogP contribution < -0.4 is 9.21 Å². The molecule has 0 unspecified atom stereocenters. The summed E-state index contributed by atoms with van der Waals surface area (Å²) in [5, 5.41) is 0.623. The zero-order chi connectivity index (χ0) is 25.2. The van der Waals surface area contributed by atoms with Gasteiger partial charge in [-0.2, -0.15) is 0 Å². The van der Waals surface area contributed by atoms with E-state index in [4.69, 9.17) is 4.98 Å². The number of aromatic nitrogens is 1. The van der Waals surface area contributed by atoms with Crippen LogP contribution in [0.2, 0.25) is 0 Å². The summed E-state index contributed by atoms with van der Waals surface area (Å²) in [5.74, 6) is -0.219. The van der Waals surface area contributed by atoms with Crippen LogP contribution in [0.15, 0.2) is 77.7 Å². The van der Waals surface area contributed by atoms with Gasteiger partial charge < -0.3 is 4.90 Å². The van der Waals surface area contributed by atoms with Crippen molar-refractivity contribution >= 4 is 48.3 Å². The van der Waals surface area contributed by atoms with Crippen molar-refractivity contribution in [3.8, 4) is 0 Å². The standard InChI is InChI=1S/C26H28N4O3S2/c1-19-10-15-23-24(18-19)34-26(27-23)30(17-16-28(2)3)25(31)20-11-13-22(14-12-20)35(32,33)29(4)21-8-6-5-7-9-21/h5-15,18H,16-17H2,1-4H3. The van der Waals surface area contributed by atoms with Gasteiger partial charge in [0.15, 0.2) is 5.13 Å². The summed E-state index contributed by atoms with van der Waals surface area (Å²) in [4.78, 5) is 22.0. The molecule has 0 spiro atoms. The van der Waals surface area contributed by atoms with E-state index in [0.717, 1.165) is 15.8 Å². The molecule has 0 saturated carbocycles. The van der Waals surface area contributed by atoms with Crippen LogP contribution in [-0.2, 0) is 10.0 Å². The van der Waals surface area contributed by atoms with Crippen LogP contribution in [0.3, 0.4) is 0 Å². The molecule has 0 atom stereocenters. The minimum absolute atomic E-state index is 0.121. The topological polar surface area (TPSA) is 73.8 Å². The number of aryl methyl sites for hydroxylation is 1. The summed E-state index contributed by atoms with van der Waals surface area (Å²) < 4.78 is 28.4. The van der Waals surface area contributed by atoms with Crippen LogP contribution in [0.4, 0.5) is 10.8 Å². The molecule has 0 radical (unpaired) electrons. The van der Waals surface area contributed by atoms with Crippen molar-refractivity contribution in [1.29, 1.82) is 0 Å². The first-order valence-corrected chi connectivity index (χ1v) is 13.4. The molecular weight excluding hydrogens is 480 g/mol. The highest BCUT2D eigenvalue weighted by Gasteiger charge is 2.24. The summed E-state index contributed by atoms with van der Waals surface area (Å²) in [7, 11) is 1.66. The van der Waals surface area contributed by atoms with E-state index in [-0.39, 0.29) is 10.8 Å². The molecule has 0 N–H and O–H groups in total. The fourth-order valence-corrected chi connectivity index (χ4v) is 5.86. The van der Waals surface area contributed by atoms with Crippen LogP contribution in [0.5, 0.6) is 0 Å². The minimum atomic E-state index is -3.76. The van der Waals surface area contributed by atoms with Crippen molar-refractivity contribution in [2.24, 2.45) is 0 Å². The predicted molar refractivity (Wildman–Crippen MR) is 143 cm³/mol. The van der Waals surface area contributed by atoms with Crippen molar-refractivity contribution < 1.29 is 13.2 Å². The monoisotopic (exact) mass is 508 g/mol. The maximum atomic E-state index is 13.5. The van der Waals surface area contributed by atoms with Crippen LogP contribution in [0.25, 0.3) is 10.2 Å². The van der Waals surface area contributed by atoms with Gasteiger partial charge in [0.05, 0.1) is 20.8 Å². The molecule has 182 valence electrons. The normalized spacial score (nSPS) is 11.7. The third kappa shape index (κ3) is 5.37. The van der Waals surface area contributed by atoms with Crippen LogP contribution in [0, 0.1) is 6.92 Å². The summed E-state index contributed by atoms with van der Waals surface area (Å²) in [5.41, 5.74) is 2.95. The zero-order valence-electron chi connectivity index (χ0n) is 20.2. The van der Waals surface area contributed by atoms with E-state index < -0.39 is 10.0 Å². The number of nitrogens with zero attached hydrogens (tertiary/aromatic N) is 4. The Labute approximate surface area is 210 Å². The molecule has 0 bridgehead atoms. The Hall–Kier alpha value is -3.27. The van der Waals surface area contributed by atoms with Crippen molar-refractivity contribution in [2.45, 2.75) is 11.8 Å². The second-order valence-electron chi connectivity index (χ2n) is 8.56. The zero-order valence-corrected chi connectivity index (χ0v) is 21.8. The summed E-state index contributed by atoms with van der Waals surface area (Å²) in [6, 6.07) is 21.0. The second kappa shape index (κ2) is 10.2. The molecule has 3 aromatic carbocycles. The third-order valence-corrected chi connectivity index (χ3v) is 8.50. The molecule has 0 aliphatic carbocycles. The van der Waals surface area contributed by atoms with E-state index in [2.05, 4.69) is 6.07 Å². The smallest absolute Gasteiger partial charge is 0.264 e. The van der Waals surface area contributed by atoms with Gasteiger partial charge in [-0.05, 0) is 75.1 Å². The van der Waals surface area contributed by atoms with E-state index in [0.29, 0.717) is 29.5 Å². The largest absolute Gasteiger partial charge is 0.308 e. The SMILES string of the molecule is Cc1ccc2nc(N(CCN(C)C)C(=O)c3ccc(S(=O)(=O)N(C)c4ccccc4)cc3)sc2c1. The summed E-state index contributed by atoms with van der Waals surface area (Å²) in [6.45, 7) is 3.15. The lowest BCUT2D eigenvalue weighted by Gasteiger charge is -2.22. The predicted octanol–water partition coefficient (Wildman–Crippen LogP) is 4.64. The van der Waals surface area contributed by atoms with E-state index in [1.807, 2.05) is 44.1 Å². The lowest BCUT2D eigenvalue weighted by molar-refractivity contribution is 0.0985. The molecule has 4 aromatic rings. The number of para-hydroxylation sites is 1. The van der Waals surface area contributed by atoms with Gasteiger partial charge in [-0.25, -0.2) is 13.4 Å². The number of benzene rings is 3.